The Labute approximate surface area is 143 Å². The van der Waals surface area contributed by atoms with E-state index in [1.54, 1.807) is 32.4 Å². The Kier molecular flexibility index (Phi) is 5.82. The summed E-state index contributed by atoms with van der Waals surface area (Å²) in [5.74, 6) is 1.72. The predicted octanol–water partition coefficient (Wildman–Crippen LogP) is 4.37. The van der Waals surface area contributed by atoms with E-state index in [2.05, 4.69) is 15.9 Å². The summed E-state index contributed by atoms with van der Waals surface area (Å²) in [5, 5.41) is 0. The molecule has 0 heterocycles. The minimum absolute atomic E-state index is 0.131. The Morgan fingerprint density at radius 3 is 2.13 bits per heavy atom. The number of carbonyl (C=O) groups excluding carboxylic acids is 1. The van der Waals surface area contributed by atoms with Crippen LogP contribution in [-0.2, 0) is 0 Å². The summed E-state index contributed by atoms with van der Waals surface area (Å²) in [6.45, 7) is 0. The van der Waals surface area contributed by atoms with E-state index in [9.17, 15) is 4.79 Å². The van der Waals surface area contributed by atoms with Crippen molar-refractivity contribution in [1.29, 1.82) is 0 Å². The molecule has 0 unspecified atom stereocenters. The molecule has 0 amide bonds. The fourth-order valence-corrected chi connectivity index (χ4v) is 2.54. The average molecular weight is 377 g/mol. The number of hydrogen-bond acceptors (Lipinski definition) is 4. The van der Waals surface area contributed by atoms with E-state index in [0.717, 1.165) is 11.3 Å². The number of hydrogen-bond donors (Lipinski definition) is 0. The number of ketones is 1. The first kappa shape index (κ1) is 17.1. The van der Waals surface area contributed by atoms with Crippen LogP contribution < -0.4 is 14.2 Å². The van der Waals surface area contributed by atoms with Crippen molar-refractivity contribution in [1.82, 2.24) is 0 Å². The molecule has 0 spiro atoms. The molecule has 4 nitrogen and oxygen atoms in total. The zero-order chi connectivity index (χ0) is 16.8. The summed E-state index contributed by atoms with van der Waals surface area (Å²) in [6.07, 6.45) is 3.28. The second kappa shape index (κ2) is 7.83. The van der Waals surface area contributed by atoms with Crippen LogP contribution in [0.1, 0.15) is 15.9 Å². The lowest BCUT2D eigenvalue weighted by molar-refractivity contribution is 0.104. The van der Waals surface area contributed by atoms with Crippen LogP contribution in [0.4, 0.5) is 0 Å². The second-order valence-electron chi connectivity index (χ2n) is 4.66. The highest BCUT2D eigenvalue weighted by Crippen LogP contribution is 2.33. The number of methoxy groups -OCH3 is 3. The number of benzene rings is 2. The van der Waals surface area contributed by atoms with Gasteiger partial charge in [-0.15, -0.1) is 0 Å². The molecular formula is C18H17BrO4. The molecule has 2 aromatic rings. The van der Waals surface area contributed by atoms with E-state index in [-0.39, 0.29) is 5.78 Å². The van der Waals surface area contributed by atoms with Gasteiger partial charge < -0.3 is 14.2 Å². The summed E-state index contributed by atoms with van der Waals surface area (Å²) >= 11 is 3.39. The maximum atomic E-state index is 12.4. The van der Waals surface area contributed by atoms with E-state index >= 15 is 0 Å². The van der Waals surface area contributed by atoms with Gasteiger partial charge in [-0.2, -0.15) is 0 Å². The highest BCUT2D eigenvalue weighted by atomic mass is 79.9. The number of ether oxygens (including phenoxy) is 3. The number of allylic oxidation sites excluding steroid dienone is 1. The predicted molar refractivity (Wildman–Crippen MR) is 93.6 cm³/mol. The lowest BCUT2D eigenvalue weighted by Crippen LogP contribution is -1.99. The van der Waals surface area contributed by atoms with Crippen LogP contribution in [0.15, 0.2) is 46.9 Å². The second-order valence-corrected chi connectivity index (χ2v) is 5.51. The van der Waals surface area contributed by atoms with Crippen molar-refractivity contribution in [3.8, 4) is 17.2 Å². The topological polar surface area (TPSA) is 44.8 Å². The van der Waals surface area contributed by atoms with Crippen LogP contribution >= 0.6 is 15.9 Å². The molecule has 0 bridgehead atoms. The van der Waals surface area contributed by atoms with Crippen molar-refractivity contribution in [2.75, 3.05) is 21.3 Å². The Hall–Kier alpha value is -2.27. The smallest absolute Gasteiger partial charge is 0.187 e. The third kappa shape index (κ3) is 4.13. The maximum Gasteiger partial charge on any atom is 0.187 e. The Balaban J connectivity index is 2.24. The average Bonchev–Trinajstić information content (AvgIpc) is 2.59. The van der Waals surface area contributed by atoms with E-state index in [1.165, 1.54) is 13.2 Å². The maximum absolute atomic E-state index is 12.4. The van der Waals surface area contributed by atoms with Gasteiger partial charge in [0.25, 0.3) is 0 Å². The zero-order valence-corrected chi connectivity index (χ0v) is 14.7. The van der Waals surface area contributed by atoms with Crippen molar-refractivity contribution in [2.45, 2.75) is 0 Å². The fourth-order valence-electron chi connectivity index (χ4n) is 2.02. The molecule has 0 saturated carbocycles. The van der Waals surface area contributed by atoms with Gasteiger partial charge in [-0.25, -0.2) is 0 Å². The lowest BCUT2D eigenvalue weighted by atomic mass is 10.1. The van der Waals surface area contributed by atoms with Gasteiger partial charge in [0.15, 0.2) is 17.3 Å². The molecule has 2 aromatic carbocycles. The minimum Gasteiger partial charge on any atom is -0.497 e. The first-order valence-electron chi connectivity index (χ1n) is 6.87. The quantitative estimate of drug-likeness (QED) is 0.554. The summed E-state index contributed by atoms with van der Waals surface area (Å²) in [6, 6.07) is 10.8. The van der Waals surface area contributed by atoms with Gasteiger partial charge in [-0.05, 0) is 51.8 Å². The molecule has 0 atom stereocenters. The first-order chi connectivity index (χ1) is 11.1. The van der Waals surface area contributed by atoms with E-state index in [1.807, 2.05) is 24.3 Å². The number of carbonyl (C=O) groups is 1. The summed E-state index contributed by atoms with van der Waals surface area (Å²) in [4.78, 5) is 12.4. The molecule has 0 aliphatic rings. The number of rotatable bonds is 6. The molecule has 23 heavy (non-hydrogen) atoms. The van der Waals surface area contributed by atoms with Crippen LogP contribution in [-0.4, -0.2) is 27.1 Å². The third-order valence-electron chi connectivity index (χ3n) is 3.28. The van der Waals surface area contributed by atoms with E-state index in [0.29, 0.717) is 21.5 Å². The summed E-state index contributed by atoms with van der Waals surface area (Å²) in [7, 11) is 4.70. The van der Waals surface area contributed by atoms with Gasteiger partial charge in [-0.1, -0.05) is 18.2 Å². The molecule has 2 rings (SSSR count). The normalized spacial score (nSPS) is 10.6. The lowest BCUT2D eigenvalue weighted by Gasteiger charge is -2.10. The van der Waals surface area contributed by atoms with Crippen molar-refractivity contribution >= 4 is 27.8 Å². The molecular weight excluding hydrogens is 360 g/mol. The molecule has 0 aromatic heterocycles. The van der Waals surface area contributed by atoms with Gasteiger partial charge in [0.05, 0.1) is 21.3 Å². The first-order valence-corrected chi connectivity index (χ1v) is 7.66. The van der Waals surface area contributed by atoms with Crippen molar-refractivity contribution in [2.24, 2.45) is 0 Å². The van der Waals surface area contributed by atoms with Crippen LogP contribution in [0.25, 0.3) is 6.08 Å². The van der Waals surface area contributed by atoms with Gasteiger partial charge in [0.1, 0.15) is 5.75 Å². The zero-order valence-electron chi connectivity index (χ0n) is 13.1. The van der Waals surface area contributed by atoms with Gasteiger partial charge >= 0.3 is 0 Å². The summed E-state index contributed by atoms with van der Waals surface area (Å²) in [5.41, 5.74) is 1.42. The fraction of sp³-hybridized carbons (Fsp3) is 0.167. The van der Waals surface area contributed by atoms with E-state index in [4.69, 9.17) is 14.2 Å². The standard InChI is InChI=1S/C18H17BrO4/c1-21-13-7-4-12(5-8-13)6-9-16(20)14-10-17(22-2)18(23-3)11-15(14)19/h4-11H,1-3H3/b9-6+. The van der Waals surface area contributed by atoms with Crippen molar-refractivity contribution in [3.63, 3.8) is 0 Å². The molecule has 0 radical (unpaired) electrons. The van der Waals surface area contributed by atoms with Crippen LogP contribution in [0.3, 0.4) is 0 Å². The Morgan fingerprint density at radius 2 is 1.57 bits per heavy atom. The highest BCUT2D eigenvalue weighted by Gasteiger charge is 2.13. The highest BCUT2D eigenvalue weighted by molar-refractivity contribution is 9.10. The van der Waals surface area contributed by atoms with E-state index < -0.39 is 0 Å². The Morgan fingerprint density at radius 1 is 0.957 bits per heavy atom. The van der Waals surface area contributed by atoms with Crippen molar-refractivity contribution in [3.05, 3.63) is 58.1 Å². The van der Waals surface area contributed by atoms with Crippen LogP contribution in [0.5, 0.6) is 17.2 Å². The minimum atomic E-state index is -0.131. The molecule has 0 N–H and O–H groups in total. The van der Waals surface area contributed by atoms with Crippen LogP contribution in [0, 0.1) is 0 Å². The van der Waals surface area contributed by atoms with Gasteiger partial charge in [0, 0.05) is 10.0 Å². The summed E-state index contributed by atoms with van der Waals surface area (Å²) < 4.78 is 16.2. The monoisotopic (exact) mass is 376 g/mol. The van der Waals surface area contributed by atoms with Gasteiger partial charge in [-0.3, -0.25) is 4.79 Å². The SMILES string of the molecule is COc1ccc(/C=C/C(=O)c2cc(OC)c(OC)cc2Br)cc1. The van der Waals surface area contributed by atoms with Gasteiger partial charge in [0.2, 0.25) is 0 Å². The third-order valence-corrected chi connectivity index (χ3v) is 3.94. The molecule has 0 aliphatic carbocycles. The van der Waals surface area contributed by atoms with Crippen LogP contribution in [0.2, 0.25) is 0 Å². The molecule has 5 heteroatoms. The molecule has 0 aliphatic heterocycles. The molecule has 120 valence electrons. The largest absolute Gasteiger partial charge is 0.497 e. The molecule has 0 saturated heterocycles. The molecule has 0 fully saturated rings. The number of halogens is 1. The van der Waals surface area contributed by atoms with Crippen molar-refractivity contribution < 1.29 is 19.0 Å². The Bertz CT molecular complexity index is 721.